The lowest BCUT2D eigenvalue weighted by Crippen LogP contribution is -2.21. The molecule has 0 atom stereocenters. The molecule has 0 amide bonds. The largest absolute Gasteiger partial charge is 0.351 e. The second-order valence-corrected chi connectivity index (χ2v) is 5.75. The summed E-state index contributed by atoms with van der Waals surface area (Å²) < 4.78 is 1.71. The monoisotopic (exact) mass is 298 g/mol. The fourth-order valence-corrected chi connectivity index (χ4v) is 3.27. The lowest BCUT2D eigenvalue weighted by molar-refractivity contribution is -0.482. The second kappa shape index (κ2) is 5.18. The molecular formula is C16H14N2O2S+2. The van der Waals surface area contributed by atoms with Crippen molar-refractivity contribution in [2.75, 3.05) is 0 Å². The number of allylic oxidation sites excluding steroid dienone is 2. The zero-order valence-electron chi connectivity index (χ0n) is 11.7. The SMILES string of the molecule is CC1=C(c2ccccc2)[N+](=O)C(c2cccs2)=C(C)[N+]1=O. The quantitative estimate of drug-likeness (QED) is 0.771. The average molecular weight is 298 g/mol. The first kappa shape index (κ1) is 13.6. The van der Waals surface area contributed by atoms with Gasteiger partial charge in [0, 0.05) is 23.7 Å². The van der Waals surface area contributed by atoms with Crippen molar-refractivity contribution < 1.29 is 9.52 Å². The van der Waals surface area contributed by atoms with Crippen molar-refractivity contribution in [3.05, 3.63) is 79.5 Å². The molecule has 0 saturated carbocycles. The summed E-state index contributed by atoms with van der Waals surface area (Å²) in [7, 11) is 0. The molecule has 1 aromatic carbocycles. The molecular weight excluding hydrogens is 284 g/mol. The first-order valence-electron chi connectivity index (χ1n) is 6.57. The number of rotatable bonds is 2. The Balaban J connectivity index is 2.20. The summed E-state index contributed by atoms with van der Waals surface area (Å²) in [6.45, 7) is 3.35. The van der Waals surface area contributed by atoms with E-state index in [2.05, 4.69) is 0 Å². The van der Waals surface area contributed by atoms with Crippen LogP contribution in [0.2, 0.25) is 0 Å². The molecule has 1 aromatic heterocycles. The van der Waals surface area contributed by atoms with Crippen LogP contribution in [-0.4, -0.2) is 9.52 Å². The molecule has 5 heteroatoms. The molecule has 2 heterocycles. The fourth-order valence-electron chi connectivity index (χ4n) is 2.46. The summed E-state index contributed by atoms with van der Waals surface area (Å²) in [5, 5.41) is 1.89. The summed E-state index contributed by atoms with van der Waals surface area (Å²) in [6.07, 6.45) is 0. The van der Waals surface area contributed by atoms with E-state index in [1.165, 1.54) is 11.3 Å². The van der Waals surface area contributed by atoms with Gasteiger partial charge in [0.05, 0.1) is 15.1 Å². The maximum Gasteiger partial charge on any atom is 0.351 e. The molecule has 0 spiro atoms. The smallest absolute Gasteiger partial charge is 0.137 e. The van der Waals surface area contributed by atoms with E-state index in [0.717, 1.165) is 20.0 Å². The van der Waals surface area contributed by atoms with Gasteiger partial charge in [-0.3, -0.25) is 0 Å². The molecule has 0 N–H and O–H groups in total. The summed E-state index contributed by atoms with van der Waals surface area (Å²) >= 11 is 1.45. The molecule has 0 bridgehead atoms. The van der Waals surface area contributed by atoms with Crippen LogP contribution >= 0.6 is 11.3 Å². The van der Waals surface area contributed by atoms with Crippen molar-refractivity contribution in [2.24, 2.45) is 0 Å². The van der Waals surface area contributed by atoms with E-state index in [-0.39, 0.29) is 0 Å². The van der Waals surface area contributed by atoms with E-state index >= 15 is 0 Å². The highest BCUT2D eigenvalue weighted by molar-refractivity contribution is 7.11. The molecule has 0 unspecified atom stereocenters. The van der Waals surface area contributed by atoms with Crippen LogP contribution in [0.1, 0.15) is 24.3 Å². The van der Waals surface area contributed by atoms with E-state index < -0.39 is 0 Å². The van der Waals surface area contributed by atoms with Crippen LogP contribution in [0.4, 0.5) is 0 Å². The Bertz CT molecular complexity index is 787. The minimum Gasteiger partial charge on any atom is -0.137 e. The van der Waals surface area contributed by atoms with Gasteiger partial charge in [0.25, 0.3) is 0 Å². The third-order valence-electron chi connectivity index (χ3n) is 3.50. The number of nitroso groups, excluding NO2 is 2. The lowest BCUT2D eigenvalue weighted by Gasteiger charge is -2.06. The topological polar surface area (TPSA) is 40.2 Å². The van der Waals surface area contributed by atoms with Gasteiger partial charge in [-0.2, -0.15) is 0 Å². The van der Waals surface area contributed by atoms with Crippen LogP contribution in [0, 0.1) is 9.81 Å². The maximum absolute atomic E-state index is 12.8. The predicted molar refractivity (Wildman–Crippen MR) is 83.2 cm³/mol. The van der Waals surface area contributed by atoms with Crippen molar-refractivity contribution >= 4 is 22.7 Å². The minimum absolute atomic E-state index is 0.402. The predicted octanol–water partition coefficient (Wildman–Crippen LogP) is 4.40. The van der Waals surface area contributed by atoms with Gasteiger partial charge in [0.1, 0.15) is 4.88 Å². The first-order valence-corrected chi connectivity index (χ1v) is 7.45. The Morgan fingerprint density at radius 1 is 0.810 bits per heavy atom. The Kier molecular flexibility index (Phi) is 3.35. The Hall–Kier alpha value is -2.40. The zero-order chi connectivity index (χ0) is 15.0. The summed E-state index contributed by atoms with van der Waals surface area (Å²) in [6, 6.07) is 13.0. The third kappa shape index (κ3) is 2.15. The zero-order valence-corrected chi connectivity index (χ0v) is 12.6. The van der Waals surface area contributed by atoms with Crippen LogP contribution in [0.25, 0.3) is 11.4 Å². The van der Waals surface area contributed by atoms with E-state index in [1.54, 1.807) is 13.8 Å². The van der Waals surface area contributed by atoms with Gasteiger partial charge in [-0.15, -0.1) is 11.3 Å². The third-order valence-corrected chi connectivity index (χ3v) is 4.38. The highest BCUT2D eigenvalue weighted by Crippen LogP contribution is 2.36. The molecule has 1 aliphatic rings. The van der Waals surface area contributed by atoms with Gasteiger partial charge in [-0.25, -0.2) is 0 Å². The summed E-state index contributed by atoms with van der Waals surface area (Å²) in [5.41, 5.74) is 2.40. The Morgan fingerprint density at radius 2 is 1.48 bits per heavy atom. The van der Waals surface area contributed by atoms with Gasteiger partial charge in [0.15, 0.2) is 0 Å². The molecule has 0 radical (unpaired) electrons. The van der Waals surface area contributed by atoms with Crippen molar-refractivity contribution in [1.82, 2.24) is 0 Å². The first-order chi connectivity index (χ1) is 10.1. The maximum atomic E-state index is 12.8. The molecule has 0 saturated heterocycles. The van der Waals surface area contributed by atoms with Crippen LogP contribution in [0.5, 0.6) is 0 Å². The van der Waals surface area contributed by atoms with Crippen molar-refractivity contribution in [3.8, 4) is 0 Å². The highest BCUT2D eigenvalue weighted by atomic mass is 32.1. The molecule has 0 fully saturated rings. The summed E-state index contributed by atoms with van der Waals surface area (Å²) in [4.78, 5) is 26.0. The van der Waals surface area contributed by atoms with Crippen molar-refractivity contribution in [2.45, 2.75) is 13.8 Å². The standard InChI is InChI=1S/C16H14N2O2S/c1-11-15(13-7-4-3-5-8-13)18(20)16(12(2)17(11)19)14-9-6-10-21-14/h3-10H,1-2H3/q+2. The van der Waals surface area contributed by atoms with E-state index in [9.17, 15) is 9.81 Å². The normalized spacial score (nSPS) is 15.9. The molecule has 1 aliphatic heterocycles. The van der Waals surface area contributed by atoms with Gasteiger partial charge in [-0.1, -0.05) is 24.3 Å². The van der Waals surface area contributed by atoms with Crippen LogP contribution in [0.3, 0.4) is 0 Å². The average Bonchev–Trinajstić information content (AvgIpc) is 3.00. The Labute approximate surface area is 126 Å². The number of thiophene rings is 1. The molecule has 3 rings (SSSR count). The molecule has 2 aromatic rings. The highest BCUT2D eigenvalue weighted by Gasteiger charge is 2.47. The van der Waals surface area contributed by atoms with Crippen LogP contribution in [-0.2, 0) is 0 Å². The van der Waals surface area contributed by atoms with Crippen LogP contribution < -0.4 is 0 Å². The number of hydrogen-bond acceptors (Lipinski definition) is 3. The van der Waals surface area contributed by atoms with Crippen molar-refractivity contribution in [3.63, 3.8) is 0 Å². The molecule has 0 aliphatic carbocycles. The van der Waals surface area contributed by atoms with E-state index in [1.807, 2.05) is 47.8 Å². The fraction of sp³-hybridized carbons (Fsp3) is 0.125. The molecule has 104 valence electrons. The molecule has 4 nitrogen and oxygen atoms in total. The minimum atomic E-state index is 0.402. The Morgan fingerprint density at radius 3 is 2.10 bits per heavy atom. The van der Waals surface area contributed by atoms with Crippen molar-refractivity contribution in [1.29, 1.82) is 0 Å². The van der Waals surface area contributed by atoms with Gasteiger partial charge >= 0.3 is 22.8 Å². The van der Waals surface area contributed by atoms with Gasteiger partial charge in [-0.05, 0) is 23.6 Å². The second-order valence-electron chi connectivity index (χ2n) is 4.80. The molecule has 21 heavy (non-hydrogen) atoms. The number of hydrogen-bond donors (Lipinski definition) is 0. The number of benzene rings is 1. The lowest BCUT2D eigenvalue weighted by atomic mass is 10.1. The van der Waals surface area contributed by atoms with E-state index in [4.69, 9.17) is 0 Å². The van der Waals surface area contributed by atoms with Gasteiger partial charge < -0.3 is 0 Å². The van der Waals surface area contributed by atoms with Gasteiger partial charge in [0.2, 0.25) is 0 Å². The number of nitrogens with zero attached hydrogens (tertiary/aromatic N) is 2. The van der Waals surface area contributed by atoms with Crippen LogP contribution in [0.15, 0.2) is 59.2 Å². The van der Waals surface area contributed by atoms with E-state index in [0.29, 0.717) is 22.8 Å². The summed E-state index contributed by atoms with van der Waals surface area (Å²) in [5.74, 6) is 0.